The SMILES string of the molecule is Cc1ccc(C)c(CN(Cc2ccccc2)Cc2nc(C(=O)NCc3ccc(F)cc3)co2)c1. The summed E-state index contributed by atoms with van der Waals surface area (Å²) in [4.78, 5) is 19.2. The molecule has 4 aromatic rings. The number of carbonyl (C=O) groups is 1. The summed E-state index contributed by atoms with van der Waals surface area (Å²) < 4.78 is 18.7. The fourth-order valence-electron chi connectivity index (χ4n) is 3.78. The Kier molecular flexibility index (Phi) is 7.50. The van der Waals surface area contributed by atoms with Gasteiger partial charge >= 0.3 is 0 Å². The Balaban J connectivity index is 1.44. The average molecular weight is 458 g/mol. The van der Waals surface area contributed by atoms with Gasteiger partial charge in [-0.25, -0.2) is 9.37 Å². The van der Waals surface area contributed by atoms with Gasteiger partial charge in [-0.1, -0.05) is 66.2 Å². The predicted molar refractivity (Wildman–Crippen MR) is 129 cm³/mol. The van der Waals surface area contributed by atoms with Crippen LogP contribution in [0.15, 0.2) is 83.5 Å². The number of hydrogen-bond acceptors (Lipinski definition) is 4. The molecule has 0 fully saturated rings. The molecule has 0 aliphatic heterocycles. The molecule has 1 amide bonds. The molecule has 0 aliphatic carbocycles. The highest BCUT2D eigenvalue weighted by atomic mass is 19.1. The van der Waals surface area contributed by atoms with Crippen molar-refractivity contribution in [2.75, 3.05) is 0 Å². The number of benzene rings is 3. The van der Waals surface area contributed by atoms with Crippen LogP contribution >= 0.6 is 0 Å². The molecule has 1 heterocycles. The lowest BCUT2D eigenvalue weighted by Crippen LogP contribution is -2.24. The predicted octanol–water partition coefficient (Wildman–Crippen LogP) is 5.56. The number of oxazole rings is 1. The van der Waals surface area contributed by atoms with Crippen LogP contribution < -0.4 is 5.32 Å². The van der Waals surface area contributed by atoms with E-state index in [1.165, 1.54) is 40.6 Å². The molecule has 4 rings (SSSR count). The number of nitrogens with zero attached hydrogens (tertiary/aromatic N) is 2. The Bertz CT molecular complexity index is 1240. The van der Waals surface area contributed by atoms with E-state index in [4.69, 9.17) is 4.42 Å². The molecule has 0 spiro atoms. The maximum atomic E-state index is 13.1. The smallest absolute Gasteiger partial charge is 0.273 e. The Hall–Kier alpha value is -3.77. The van der Waals surface area contributed by atoms with E-state index in [2.05, 4.69) is 59.4 Å². The van der Waals surface area contributed by atoms with Crippen molar-refractivity contribution in [2.24, 2.45) is 0 Å². The lowest BCUT2D eigenvalue weighted by atomic mass is 10.0. The van der Waals surface area contributed by atoms with Crippen LogP contribution in [-0.2, 0) is 26.2 Å². The molecule has 6 heteroatoms. The number of aryl methyl sites for hydroxylation is 2. The zero-order valence-corrected chi connectivity index (χ0v) is 19.4. The van der Waals surface area contributed by atoms with E-state index in [1.807, 2.05) is 18.2 Å². The summed E-state index contributed by atoms with van der Waals surface area (Å²) in [7, 11) is 0. The number of carbonyl (C=O) groups excluding carboxylic acids is 1. The van der Waals surface area contributed by atoms with Crippen LogP contribution in [0.1, 0.15) is 44.2 Å². The van der Waals surface area contributed by atoms with Gasteiger partial charge in [-0.15, -0.1) is 0 Å². The third-order valence-corrected chi connectivity index (χ3v) is 5.66. The van der Waals surface area contributed by atoms with Crippen LogP contribution in [0, 0.1) is 19.7 Å². The standard InChI is InChI=1S/C28H28FN3O2/c1-20-8-9-21(2)24(14-20)17-32(16-23-6-4-3-5-7-23)18-27-31-26(19-34-27)28(33)30-15-22-10-12-25(29)13-11-22/h3-14,19H,15-18H2,1-2H3,(H,30,33). The Morgan fingerprint density at radius 3 is 2.47 bits per heavy atom. The zero-order chi connectivity index (χ0) is 23.9. The van der Waals surface area contributed by atoms with Gasteiger partial charge in [0.1, 0.15) is 12.1 Å². The van der Waals surface area contributed by atoms with Gasteiger partial charge in [-0.3, -0.25) is 9.69 Å². The van der Waals surface area contributed by atoms with Gasteiger partial charge in [0.2, 0.25) is 5.89 Å². The van der Waals surface area contributed by atoms with E-state index < -0.39 is 0 Å². The zero-order valence-electron chi connectivity index (χ0n) is 19.4. The third kappa shape index (κ3) is 6.39. The molecule has 1 N–H and O–H groups in total. The molecule has 174 valence electrons. The summed E-state index contributed by atoms with van der Waals surface area (Å²) in [6.45, 7) is 6.42. The Morgan fingerprint density at radius 2 is 1.71 bits per heavy atom. The molecule has 3 aromatic carbocycles. The van der Waals surface area contributed by atoms with Gasteiger partial charge in [0.05, 0.1) is 6.54 Å². The summed E-state index contributed by atoms with van der Waals surface area (Å²) >= 11 is 0. The molecule has 5 nitrogen and oxygen atoms in total. The third-order valence-electron chi connectivity index (χ3n) is 5.66. The monoisotopic (exact) mass is 457 g/mol. The fraction of sp³-hybridized carbons (Fsp3) is 0.214. The first-order valence-corrected chi connectivity index (χ1v) is 11.3. The summed E-state index contributed by atoms with van der Waals surface area (Å²) in [6.07, 6.45) is 1.38. The van der Waals surface area contributed by atoms with Crippen molar-refractivity contribution in [3.05, 3.63) is 124 Å². The molecule has 0 atom stereocenters. The van der Waals surface area contributed by atoms with E-state index in [-0.39, 0.29) is 24.0 Å². The van der Waals surface area contributed by atoms with Crippen molar-refractivity contribution in [1.82, 2.24) is 15.2 Å². The van der Waals surface area contributed by atoms with Gasteiger partial charge in [0.15, 0.2) is 5.69 Å². The molecular formula is C28H28FN3O2. The lowest BCUT2D eigenvalue weighted by Gasteiger charge is -2.22. The van der Waals surface area contributed by atoms with Crippen molar-refractivity contribution < 1.29 is 13.6 Å². The van der Waals surface area contributed by atoms with Gasteiger partial charge in [0, 0.05) is 19.6 Å². The molecule has 0 unspecified atom stereocenters. The highest BCUT2D eigenvalue weighted by molar-refractivity contribution is 5.91. The molecule has 0 radical (unpaired) electrons. The van der Waals surface area contributed by atoms with E-state index in [0.717, 1.165) is 18.7 Å². The molecule has 1 aromatic heterocycles. The second-order valence-corrected chi connectivity index (χ2v) is 8.50. The average Bonchev–Trinajstić information content (AvgIpc) is 3.30. The number of halogens is 1. The first-order chi connectivity index (χ1) is 16.5. The van der Waals surface area contributed by atoms with Crippen LogP contribution in [0.3, 0.4) is 0 Å². The molecule has 0 aliphatic rings. The topological polar surface area (TPSA) is 58.4 Å². The van der Waals surface area contributed by atoms with E-state index >= 15 is 0 Å². The second-order valence-electron chi connectivity index (χ2n) is 8.50. The number of amides is 1. The van der Waals surface area contributed by atoms with Gasteiger partial charge in [-0.05, 0) is 48.2 Å². The lowest BCUT2D eigenvalue weighted by molar-refractivity contribution is 0.0945. The van der Waals surface area contributed by atoms with Crippen molar-refractivity contribution in [3.63, 3.8) is 0 Å². The van der Waals surface area contributed by atoms with Gasteiger partial charge in [-0.2, -0.15) is 0 Å². The molecule has 0 bridgehead atoms. The van der Waals surface area contributed by atoms with Gasteiger partial charge in [0.25, 0.3) is 5.91 Å². The van der Waals surface area contributed by atoms with Crippen molar-refractivity contribution in [3.8, 4) is 0 Å². The van der Waals surface area contributed by atoms with Crippen LogP contribution in [0.4, 0.5) is 4.39 Å². The molecule has 0 saturated carbocycles. The van der Waals surface area contributed by atoms with E-state index in [0.29, 0.717) is 12.4 Å². The summed E-state index contributed by atoms with van der Waals surface area (Å²) in [6, 6.07) is 22.7. The van der Waals surface area contributed by atoms with Crippen LogP contribution in [-0.4, -0.2) is 15.8 Å². The maximum absolute atomic E-state index is 13.1. The summed E-state index contributed by atoms with van der Waals surface area (Å²) in [5, 5.41) is 2.80. The van der Waals surface area contributed by atoms with Crippen molar-refractivity contribution in [2.45, 2.75) is 40.0 Å². The molecule has 34 heavy (non-hydrogen) atoms. The van der Waals surface area contributed by atoms with Crippen LogP contribution in [0.2, 0.25) is 0 Å². The number of aromatic nitrogens is 1. The Labute approximate surface area is 199 Å². The number of rotatable bonds is 9. The molecule has 0 saturated heterocycles. The Morgan fingerprint density at radius 1 is 0.941 bits per heavy atom. The quantitative estimate of drug-likeness (QED) is 0.357. The fourth-order valence-corrected chi connectivity index (χ4v) is 3.78. The number of nitrogens with one attached hydrogen (secondary N) is 1. The van der Waals surface area contributed by atoms with Crippen molar-refractivity contribution in [1.29, 1.82) is 0 Å². The highest BCUT2D eigenvalue weighted by Crippen LogP contribution is 2.18. The normalized spacial score (nSPS) is 11.1. The first kappa shape index (κ1) is 23.4. The summed E-state index contributed by atoms with van der Waals surface area (Å²) in [5.41, 5.74) is 5.93. The molecular weight excluding hydrogens is 429 g/mol. The first-order valence-electron chi connectivity index (χ1n) is 11.3. The second kappa shape index (κ2) is 10.9. The highest BCUT2D eigenvalue weighted by Gasteiger charge is 2.16. The minimum Gasteiger partial charge on any atom is -0.447 e. The van der Waals surface area contributed by atoms with Gasteiger partial charge < -0.3 is 9.73 Å². The van der Waals surface area contributed by atoms with E-state index in [1.54, 1.807) is 12.1 Å². The van der Waals surface area contributed by atoms with Crippen molar-refractivity contribution >= 4 is 5.91 Å². The van der Waals surface area contributed by atoms with E-state index in [9.17, 15) is 9.18 Å². The van der Waals surface area contributed by atoms with Crippen LogP contribution in [0.25, 0.3) is 0 Å². The summed E-state index contributed by atoms with van der Waals surface area (Å²) in [5.74, 6) is -0.159. The minimum absolute atomic E-state index is 0.225. The maximum Gasteiger partial charge on any atom is 0.273 e. The van der Waals surface area contributed by atoms with Crippen LogP contribution in [0.5, 0.6) is 0 Å². The minimum atomic E-state index is -0.330. The number of hydrogen-bond donors (Lipinski definition) is 1. The largest absolute Gasteiger partial charge is 0.447 e.